The molecule has 0 atom stereocenters. The standard InChI is InChI=1S/C12H10O4/c13-7-1-2-9-8-3-4-15-6-10(8)12(14)16-11(9)5-7/h1-2,5,13H,3-4,6H2. The number of fused-ring (bicyclic) bond motifs is 3. The Kier molecular flexibility index (Phi) is 1.97. The molecule has 16 heavy (non-hydrogen) atoms. The fourth-order valence-electron chi connectivity index (χ4n) is 2.07. The normalized spacial score (nSPS) is 15.0. The molecule has 1 aliphatic heterocycles. The van der Waals surface area contributed by atoms with Crippen LogP contribution in [0.15, 0.2) is 27.4 Å². The summed E-state index contributed by atoms with van der Waals surface area (Å²) >= 11 is 0. The van der Waals surface area contributed by atoms with Crippen molar-refractivity contribution in [2.24, 2.45) is 0 Å². The molecule has 4 heteroatoms. The Morgan fingerprint density at radius 3 is 3.00 bits per heavy atom. The van der Waals surface area contributed by atoms with Crippen molar-refractivity contribution in [2.75, 3.05) is 6.61 Å². The second-order valence-electron chi connectivity index (χ2n) is 3.83. The van der Waals surface area contributed by atoms with Gasteiger partial charge in [0.25, 0.3) is 0 Å². The van der Waals surface area contributed by atoms with Crippen LogP contribution in [0.3, 0.4) is 0 Å². The van der Waals surface area contributed by atoms with Crippen LogP contribution in [0, 0.1) is 0 Å². The highest BCUT2D eigenvalue weighted by molar-refractivity contribution is 5.82. The van der Waals surface area contributed by atoms with E-state index in [0.717, 1.165) is 10.9 Å². The van der Waals surface area contributed by atoms with Crippen LogP contribution in [0.25, 0.3) is 11.0 Å². The predicted octanol–water partition coefficient (Wildman–Crippen LogP) is 1.57. The van der Waals surface area contributed by atoms with Crippen LogP contribution in [0.1, 0.15) is 11.1 Å². The van der Waals surface area contributed by atoms with Gasteiger partial charge in [0, 0.05) is 11.5 Å². The molecule has 0 aliphatic carbocycles. The highest BCUT2D eigenvalue weighted by atomic mass is 16.5. The fraction of sp³-hybridized carbons (Fsp3) is 0.250. The van der Waals surface area contributed by atoms with E-state index < -0.39 is 0 Å². The number of hydrogen-bond donors (Lipinski definition) is 1. The summed E-state index contributed by atoms with van der Waals surface area (Å²) in [6, 6.07) is 4.84. The molecule has 0 saturated carbocycles. The van der Waals surface area contributed by atoms with Crippen molar-refractivity contribution in [2.45, 2.75) is 13.0 Å². The SMILES string of the molecule is O=c1oc2cc(O)ccc2c2c1COCC2. The van der Waals surface area contributed by atoms with E-state index in [9.17, 15) is 9.90 Å². The summed E-state index contributed by atoms with van der Waals surface area (Å²) < 4.78 is 10.4. The van der Waals surface area contributed by atoms with Gasteiger partial charge in [-0.05, 0) is 24.1 Å². The molecule has 2 heterocycles. The van der Waals surface area contributed by atoms with Crippen molar-refractivity contribution >= 4 is 11.0 Å². The number of rotatable bonds is 0. The van der Waals surface area contributed by atoms with Gasteiger partial charge in [-0.1, -0.05) is 0 Å². The number of aromatic hydroxyl groups is 1. The van der Waals surface area contributed by atoms with Gasteiger partial charge in [-0.25, -0.2) is 4.79 Å². The summed E-state index contributed by atoms with van der Waals surface area (Å²) in [5.41, 5.74) is 1.65. The predicted molar refractivity (Wildman–Crippen MR) is 57.5 cm³/mol. The van der Waals surface area contributed by atoms with Gasteiger partial charge in [0.2, 0.25) is 0 Å². The molecule has 0 amide bonds. The summed E-state index contributed by atoms with van der Waals surface area (Å²) in [7, 11) is 0. The van der Waals surface area contributed by atoms with Gasteiger partial charge in [-0.2, -0.15) is 0 Å². The number of phenols is 1. The Morgan fingerprint density at radius 1 is 1.25 bits per heavy atom. The third-order valence-electron chi connectivity index (χ3n) is 2.85. The summed E-state index contributed by atoms with van der Waals surface area (Å²) in [4.78, 5) is 11.7. The van der Waals surface area contributed by atoms with E-state index in [1.165, 1.54) is 6.07 Å². The quantitative estimate of drug-likeness (QED) is 0.682. The van der Waals surface area contributed by atoms with E-state index in [0.29, 0.717) is 30.8 Å². The lowest BCUT2D eigenvalue weighted by Gasteiger charge is -2.16. The summed E-state index contributed by atoms with van der Waals surface area (Å²) in [6.45, 7) is 0.931. The van der Waals surface area contributed by atoms with E-state index in [1.54, 1.807) is 12.1 Å². The minimum atomic E-state index is -0.368. The highest BCUT2D eigenvalue weighted by Gasteiger charge is 2.18. The van der Waals surface area contributed by atoms with Gasteiger partial charge in [0.15, 0.2) is 0 Å². The van der Waals surface area contributed by atoms with Crippen LogP contribution < -0.4 is 5.63 Å². The topological polar surface area (TPSA) is 59.7 Å². The largest absolute Gasteiger partial charge is 0.508 e. The Hall–Kier alpha value is -1.81. The van der Waals surface area contributed by atoms with Crippen LogP contribution >= 0.6 is 0 Å². The zero-order valence-corrected chi connectivity index (χ0v) is 8.53. The molecule has 1 N–H and O–H groups in total. The summed E-state index contributed by atoms with van der Waals surface area (Å²) in [5.74, 6) is 0.0997. The first-order valence-corrected chi connectivity index (χ1v) is 5.11. The van der Waals surface area contributed by atoms with Crippen molar-refractivity contribution < 1.29 is 14.3 Å². The van der Waals surface area contributed by atoms with Gasteiger partial charge in [0.1, 0.15) is 11.3 Å². The van der Waals surface area contributed by atoms with Crippen LogP contribution in [0.4, 0.5) is 0 Å². The zero-order valence-electron chi connectivity index (χ0n) is 8.53. The van der Waals surface area contributed by atoms with E-state index >= 15 is 0 Å². The molecule has 0 radical (unpaired) electrons. The van der Waals surface area contributed by atoms with Crippen molar-refractivity contribution in [1.29, 1.82) is 0 Å². The third kappa shape index (κ3) is 1.31. The van der Waals surface area contributed by atoms with Gasteiger partial charge in [0.05, 0.1) is 18.8 Å². The van der Waals surface area contributed by atoms with E-state index in [-0.39, 0.29) is 11.4 Å². The van der Waals surface area contributed by atoms with Crippen molar-refractivity contribution in [3.63, 3.8) is 0 Å². The molecular formula is C12H10O4. The maximum Gasteiger partial charge on any atom is 0.342 e. The second-order valence-corrected chi connectivity index (χ2v) is 3.83. The number of phenolic OH excluding ortho intramolecular Hbond substituents is 1. The average molecular weight is 218 g/mol. The molecule has 0 spiro atoms. The maximum absolute atomic E-state index is 11.7. The first kappa shape index (κ1) is 9.42. The van der Waals surface area contributed by atoms with Gasteiger partial charge in [-0.15, -0.1) is 0 Å². The number of benzene rings is 1. The van der Waals surface area contributed by atoms with Gasteiger partial charge < -0.3 is 14.3 Å². The molecule has 1 aromatic carbocycles. The Labute approximate surface area is 91.1 Å². The average Bonchev–Trinajstić information content (AvgIpc) is 2.29. The summed E-state index contributed by atoms with van der Waals surface area (Å²) in [6.07, 6.45) is 0.711. The Morgan fingerprint density at radius 2 is 2.12 bits per heavy atom. The second kappa shape index (κ2) is 3.35. The molecular weight excluding hydrogens is 208 g/mol. The molecule has 1 aliphatic rings. The molecule has 0 saturated heterocycles. The lowest BCUT2D eigenvalue weighted by atomic mass is 10.0. The molecule has 2 aromatic rings. The maximum atomic E-state index is 11.7. The summed E-state index contributed by atoms with van der Waals surface area (Å²) in [5, 5.41) is 10.2. The number of ether oxygens (including phenoxy) is 1. The van der Waals surface area contributed by atoms with Crippen molar-refractivity contribution in [3.05, 3.63) is 39.7 Å². The van der Waals surface area contributed by atoms with Crippen LogP contribution in [-0.2, 0) is 17.8 Å². The van der Waals surface area contributed by atoms with Crippen LogP contribution in [0.5, 0.6) is 5.75 Å². The molecule has 1 aromatic heterocycles. The van der Waals surface area contributed by atoms with Gasteiger partial charge in [-0.3, -0.25) is 0 Å². The molecule has 0 bridgehead atoms. The van der Waals surface area contributed by atoms with Crippen molar-refractivity contribution in [3.8, 4) is 5.75 Å². The molecule has 0 fully saturated rings. The fourth-order valence-corrected chi connectivity index (χ4v) is 2.07. The van der Waals surface area contributed by atoms with Crippen molar-refractivity contribution in [1.82, 2.24) is 0 Å². The van der Waals surface area contributed by atoms with E-state index in [1.807, 2.05) is 0 Å². The first-order chi connectivity index (χ1) is 7.75. The molecule has 82 valence electrons. The minimum Gasteiger partial charge on any atom is -0.508 e. The highest BCUT2D eigenvalue weighted by Crippen LogP contribution is 2.26. The minimum absolute atomic E-state index is 0.0997. The first-order valence-electron chi connectivity index (χ1n) is 5.11. The lowest BCUT2D eigenvalue weighted by molar-refractivity contribution is 0.108. The molecule has 4 nitrogen and oxygen atoms in total. The lowest BCUT2D eigenvalue weighted by Crippen LogP contribution is -2.19. The van der Waals surface area contributed by atoms with Gasteiger partial charge >= 0.3 is 5.63 Å². The Balaban J connectivity index is 2.42. The smallest absolute Gasteiger partial charge is 0.342 e. The molecule has 0 unspecified atom stereocenters. The van der Waals surface area contributed by atoms with Crippen LogP contribution in [-0.4, -0.2) is 11.7 Å². The number of hydrogen-bond acceptors (Lipinski definition) is 4. The van der Waals surface area contributed by atoms with E-state index in [4.69, 9.17) is 9.15 Å². The Bertz CT molecular complexity index is 612. The monoisotopic (exact) mass is 218 g/mol. The zero-order chi connectivity index (χ0) is 11.1. The third-order valence-corrected chi connectivity index (χ3v) is 2.85. The molecule has 3 rings (SSSR count). The van der Waals surface area contributed by atoms with E-state index in [2.05, 4.69) is 0 Å². The van der Waals surface area contributed by atoms with Crippen LogP contribution in [0.2, 0.25) is 0 Å².